The number of hydrogen-bond donors (Lipinski definition) is 3. The third-order valence-electron chi connectivity index (χ3n) is 3.83. The molecule has 0 saturated carbocycles. The molecule has 0 saturated heterocycles. The van der Waals surface area contributed by atoms with Crippen molar-refractivity contribution in [1.82, 2.24) is 4.98 Å². The number of aryl methyl sites for hydroxylation is 1. The molecule has 2 aromatic rings. The number of benzene rings is 1. The van der Waals surface area contributed by atoms with Gasteiger partial charge in [-0.25, -0.2) is 4.39 Å². The van der Waals surface area contributed by atoms with Crippen molar-refractivity contribution in [3.8, 4) is 5.75 Å². The molecule has 1 aromatic carbocycles. The van der Waals surface area contributed by atoms with E-state index in [1.807, 2.05) is 0 Å². The molecule has 1 aliphatic carbocycles. The number of rotatable bonds is 2. The molecule has 6 heteroatoms. The van der Waals surface area contributed by atoms with Gasteiger partial charge in [0.1, 0.15) is 17.1 Å². The molecule has 1 heterocycles. The number of para-hydroxylation sites is 1. The molecule has 5 nitrogen and oxygen atoms in total. The van der Waals surface area contributed by atoms with E-state index in [2.05, 4.69) is 10.3 Å². The molecule has 0 atom stereocenters. The third kappa shape index (κ3) is 2.47. The number of anilines is 1. The normalized spacial score (nSPS) is 13.5. The number of aromatic nitrogens is 1. The summed E-state index contributed by atoms with van der Waals surface area (Å²) in [7, 11) is 0. The minimum absolute atomic E-state index is 0.0379. The van der Waals surface area contributed by atoms with Crippen LogP contribution in [0.4, 0.5) is 10.1 Å². The van der Waals surface area contributed by atoms with Gasteiger partial charge in [0.25, 0.3) is 11.5 Å². The molecular formula is C16H15FN2O3. The first kappa shape index (κ1) is 14.3. The van der Waals surface area contributed by atoms with E-state index in [0.29, 0.717) is 24.1 Å². The van der Waals surface area contributed by atoms with Gasteiger partial charge in [-0.15, -0.1) is 0 Å². The van der Waals surface area contributed by atoms with E-state index in [-0.39, 0.29) is 17.0 Å². The second kappa shape index (κ2) is 5.63. The molecule has 114 valence electrons. The van der Waals surface area contributed by atoms with E-state index >= 15 is 0 Å². The first-order valence-electron chi connectivity index (χ1n) is 7.11. The van der Waals surface area contributed by atoms with Crippen molar-refractivity contribution in [3.05, 3.63) is 57.3 Å². The molecule has 0 spiro atoms. The minimum atomic E-state index is -0.822. The monoisotopic (exact) mass is 302 g/mol. The van der Waals surface area contributed by atoms with Crippen LogP contribution in [0.5, 0.6) is 5.75 Å². The minimum Gasteiger partial charge on any atom is -0.507 e. The fourth-order valence-corrected chi connectivity index (χ4v) is 2.72. The van der Waals surface area contributed by atoms with Crippen LogP contribution in [0.3, 0.4) is 0 Å². The summed E-state index contributed by atoms with van der Waals surface area (Å²) in [5.74, 6) is -1.73. The van der Waals surface area contributed by atoms with Gasteiger partial charge in [-0.1, -0.05) is 12.1 Å². The molecule has 22 heavy (non-hydrogen) atoms. The molecule has 3 N–H and O–H groups in total. The van der Waals surface area contributed by atoms with Crippen molar-refractivity contribution >= 4 is 11.6 Å². The largest absolute Gasteiger partial charge is 0.507 e. The molecule has 1 amide bonds. The Morgan fingerprint density at radius 3 is 2.73 bits per heavy atom. The maximum Gasteiger partial charge on any atom is 0.265 e. The van der Waals surface area contributed by atoms with Crippen molar-refractivity contribution < 1.29 is 14.3 Å². The lowest BCUT2D eigenvalue weighted by Gasteiger charge is -2.18. The zero-order chi connectivity index (χ0) is 15.7. The van der Waals surface area contributed by atoms with Gasteiger partial charge in [0.05, 0.1) is 5.69 Å². The second-order valence-electron chi connectivity index (χ2n) is 5.28. The van der Waals surface area contributed by atoms with E-state index in [0.717, 1.165) is 12.8 Å². The summed E-state index contributed by atoms with van der Waals surface area (Å²) in [4.78, 5) is 26.9. The van der Waals surface area contributed by atoms with E-state index in [4.69, 9.17) is 0 Å². The predicted octanol–water partition coefficient (Wildman–Crippen LogP) is 2.35. The van der Waals surface area contributed by atoms with Crippen molar-refractivity contribution in [1.29, 1.82) is 0 Å². The molecule has 0 fully saturated rings. The summed E-state index contributed by atoms with van der Waals surface area (Å²) >= 11 is 0. The Balaban J connectivity index is 2.00. The summed E-state index contributed by atoms with van der Waals surface area (Å²) in [6.45, 7) is 0. The van der Waals surface area contributed by atoms with Crippen LogP contribution in [-0.4, -0.2) is 16.0 Å². The van der Waals surface area contributed by atoms with Gasteiger partial charge in [-0.3, -0.25) is 9.59 Å². The number of aromatic amines is 1. The van der Waals surface area contributed by atoms with Crippen LogP contribution in [0.2, 0.25) is 0 Å². The number of halogens is 1. The Bertz CT molecular complexity index is 798. The zero-order valence-corrected chi connectivity index (χ0v) is 11.8. The number of carbonyl (C=O) groups is 1. The van der Waals surface area contributed by atoms with Crippen LogP contribution in [0.25, 0.3) is 0 Å². The van der Waals surface area contributed by atoms with E-state index in [9.17, 15) is 19.1 Å². The standard InChI is InChI=1S/C16H15FN2O3/c17-10-6-2-4-8-12(10)19-16(22)13-14(20)9-5-1-3-7-11(9)18-15(13)21/h2,4,6,8H,1,3,5,7H2,(H,19,22)(H2,18,20,21). The lowest BCUT2D eigenvalue weighted by atomic mass is 9.93. The van der Waals surface area contributed by atoms with Crippen LogP contribution in [0.15, 0.2) is 29.1 Å². The van der Waals surface area contributed by atoms with Crippen LogP contribution in [0, 0.1) is 5.82 Å². The van der Waals surface area contributed by atoms with Gasteiger partial charge in [-0.05, 0) is 37.8 Å². The van der Waals surface area contributed by atoms with Crippen molar-refractivity contribution in [2.45, 2.75) is 25.7 Å². The van der Waals surface area contributed by atoms with Crippen LogP contribution >= 0.6 is 0 Å². The Labute approximate surface area is 125 Å². The first-order valence-corrected chi connectivity index (χ1v) is 7.11. The smallest absolute Gasteiger partial charge is 0.265 e. The van der Waals surface area contributed by atoms with Crippen LogP contribution < -0.4 is 10.9 Å². The number of aromatic hydroxyl groups is 1. The first-order chi connectivity index (χ1) is 10.6. The number of pyridine rings is 1. The van der Waals surface area contributed by atoms with Crippen molar-refractivity contribution in [2.24, 2.45) is 0 Å². The average Bonchev–Trinajstić information content (AvgIpc) is 2.49. The number of amides is 1. The highest BCUT2D eigenvalue weighted by atomic mass is 19.1. The topological polar surface area (TPSA) is 82.2 Å². The van der Waals surface area contributed by atoms with Crippen molar-refractivity contribution in [2.75, 3.05) is 5.32 Å². The molecule has 0 bridgehead atoms. The fraction of sp³-hybridized carbons (Fsp3) is 0.250. The molecule has 0 radical (unpaired) electrons. The third-order valence-corrected chi connectivity index (χ3v) is 3.83. The Morgan fingerprint density at radius 1 is 1.23 bits per heavy atom. The van der Waals surface area contributed by atoms with Gasteiger partial charge >= 0.3 is 0 Å². The van der Waals surface area contributed by atoms with Crippen LogP contribution in [-0.2, 0) is 12.8 Å². The van der Waals surface area contributed by atoms with Gasteiger partial charge in [-0.2, -0.15) is 0 Å². The molecular weight excluding hydrogens is 287 g/mol. The van der Waals surface area contributed by atoms with Gasteiger partial charge in [0.2, 0.25) is 0 Å². The summed E-state index contributed by atoms with van der Waals surface area (Å²) in [5.41, 5.74) is 0.209. The quantitative estimate of drug-likeness (QED) is 0.796. The number of nitrogens with one attached hydrogen (secondary N) is 2. The second-order valence-corrected chi connectivity index (χ2v) is 5.28. The number of hydrogen-bond acceptors (Lipinski definition) is 3. The molecule has 1 aromatic heterocycles. The highest BCUT2D eigenvalue weighted by Gasteiger charge is 2.24. The number of H-pyrrole nitrogens is 1. The van der Waals surface area contributed by atoms with E-state index in [1.165, 1.54) is 18.2 Å². The molecule has 0 unspecified atom stereocenters. The summed E-state index contributed by atoms with van der Waals surface area (Å²) in [5, 5.41) is 12.6. The van der Waals surface area contributed by atoms with Crippen molar-refractivity contribution in [3.63, 3.8) is 0 Å². The zero-order valence-electron chi connectivity index (χ0n) is 11.8. The predicted molar refractivity (Wildman–Crippen MR) is 79.7 cm³/mol. The lowest BCUT2D eigenvalue weighted by molar-refractivity contribution is 0.102. The average molecular weight is 302 g/mol. The van der Waals surface area contributed by atoms with E-state index in [1.54, 1.807) is 6.07 Å². The Kier molecular flexibility index (Phi) is 3.66. The summed E-state index contributed by atoms with van der Waals surface area (Å²) < 4.78 is 13.6. The number of fused-ring (bicyclic) bond motifs is 1. The molecule has 0 aliphatic heterocycles. The SMILES string of the molecule is O=C(Nc1ccccc1F)c1c(O)c2c([nH]c1=O)CCCC2. The Morgan fingerprint density at radius 2 is 1.95 bits per heavy atom. The maximum absolute atomic E-state index is 13.6. The Hall–Kier alpha value is -2.63. The van der Waals surface area contributed by atoms with Gasteiger partial charge < -0.3 is 15.4 Å². The molecule has 3 rings (SSSR count). The van der Waals surface area contributed by atoms with Gasteiger partial charge in [0.15, 0.2) is 0 Å². The highest BCUT2D eigenvalue weighted by Crippen LogP contribution is 2.29. The van der Waals surface area contributed by atoms with E-state index < -0.39 is 17.3 Å². The lowest BCUT2D eigenvalue weighted by Crippen LogP contribution is -2.26. The number of carbonyl (C=O) groups excluding carboxylic acids is 1. The highest BCUT2D eigenvalue weighted by molar-refractivity contribution is 6.06. The van der Waals surface area contributed by atoms with Crippen LogP contribution in [0.1, 0.15) is 34.5 Å². The fourth-order valence-electron chi connectivity index (χ4n) is 2.72. The summed E-state index contributed by atoms with van der Waals surface area (Å²) in [6.07, 6.45) is 3.11. The summed E-state index contributed by atoms with van der Waals surface area (Å²) in [6, 6.07) is 5.65. The molecule has 1 aliphatic rings. The van der Waals surface area contributed by atoms with Gasteiger partial charge in [0, 0.05) is 11.3 Å². The maximum atomic E-state index is 13.6.